The van der Waals surface area contributed by atoms with Gasteiger partial charge in [-0.05, 0) is 37.4 Å². The quantitative estimate of drug-likeness (QED) is 0.759. The highest BCUT2D eigenvalue weighted by Crippen LogP contribution is 2.33. The summed E-state index contributed by atoms with van der Waals surface area (Å²) in [6, 6.07) is 9.56. The van der Waals surface area contributed by atoms with Gasteiger partial charge in [0.2, 0.25) is 0 Å². The predicted molar refractivity (Wildman–Crippen MR) is 68.5 cm³/mol. The number of benzene rings is 2. The molecule has 0 aliphatic heterocycles. The van der Waals surface area contributed by atoms with Crippen molar-refractivity contribution >= 4 is 22.1 Å². The highest BCUT2D eigenvalue weighted by atomic mass is 16.5. The Hall–Kier alpha value is -1.90. The van der Waals surface area contributed by atoms with E-state index in [9.17, 15) is 0 Å². The van der Waals surface area contributed by atoms with E-state index in [0.717, 1.165) is 16.5 Å². The molecule has 84 valence electrons. The number of rotatable bonds is 2. The third-order valence-corrected chi connectivity index (χ3v) is 2.38. The first-order valence-electron chi connectivity index (χ1n) is 5.32. The van der Waals surface area contributed by atoms with Crippen LogP contribution in [0.5, 0.6) is 5.75 Å². The Morgan fingerprint density at radius 3 is 2.44 bits per heavy atom. The van der Waals surface area contributed by atoms with Crippen molar-refractivity contribution < 1.29 is 4.74 Å². The second-order valence-electron chi connectivity index (χ2n) is 4.13. The number of hydrogen-bond donors (Lipinski definition) is 2. The van der Waals surface area contributed by atoms with Crippen molar-refractivity contribution in [3.8, 4) is 5.75 Å². The first-order valence-corrected chi connectivity index (χ1v) is 5.32. The van der Waals surface area contributed by atoms with Crippen molar-refractivity contribution in [3.63, 3.8) is 0 Å². The molecule has 0 saturated heterocycles. The standard InChI is InChI=1S/C13H16N2O/c1-8(2)16-13-11-7-10(14)5-3-9(11)4-6-12(13)15/h3-8H,14-15H2,1-2H3. The summed E-state index contributed by atoms with van der Waals surface area (Å²) >= 11 is 0. The molecule has 0 aromatic heterocycles. The number of anilines is 2. The molecule has 2 rings (SSSR count). The van der Waals surface area contributed by atoms with Crippen molar-refractivity contribution in [2.24, 2.45) is 0 Å². The third kappa shape index (κ3) is 1.89. The SMILES string of the molecule is CC(C)Oc1c(N)ccc2ccc(N)cc12. The van der Waals surface area contributed by atoms with E-state index in [1.165, 1.54) is 0 Å². The van der Waals surface area contributed by atoms with E-state index in [1.54, 1.807) is 0 Å². The molecule has 3 heteroatoms. The van der Waals surface area contributed by atoms with Gasteiger partial charge < -0.3 is 16.2 Å². The molecule has 0 fully saturated rings. The minimum atomic E-state index is 0.0920. The molecule has 0 radical (unpaired) electrons. The topological polar surface area (TPSA) is 61.3 Å². The fraction of sp³-hybridized carbons (Fsp3) is 0.231. The zero-order valence-corrected chi connectivity index (χ0v) is 9.53. The lowest BCUT2D eigenvalue weighted by Crippen LogP contribution is -2.08. The molecule has 2 aromatic rings. The molecule has 4 N–H and O–H groups in total. The van der Waals surface area contributed by atoms with Gasteiger partial charge in [0.1, 0.15) is 5.75 Å². The van der Waals surface area contributed by atoms with Gasteiger partial charge in [-0.3, -0.25) is 0 Å². The lowest BCUT2D eigenvalue weighted by molar-refractivity contribution is 0.247. The van der Waals surface area contributed by atoms with Crippen LogP contribution in [0.25, 0.3) is 10.8 Å². The van der Waals surface area contributed by atoms with Crippen LogP contribution in [-0.4, -0.2) is 6.10 Å². The molecule has 0 heterocycles. The molecule has 16 heavy (non-hydrogen) atoms. The van der Waals surface area contributed by atoms with Gasteiger partial charge in [-0.1, -0.05) is 12.1 Å². The molecule has 2 aromatic carbocycles. The lowest BCUT2D eigenvalue weighted by Gasteiger charge is -2.15. The molecular weight excluding hydrogens is 200 g/mol. The van der Waals surface area contributed by atoms with Crippen LogP contribution in [0.3, 0.4) is 0 Å². The minimum Gasteiger partial charge on any atom is -0.488 e. The summed E-state index contributed by atoms with van der Waals surface area (Å²) in [5, 5.41) is 2.05. The van der Waals surface area contributed by atoms with E-state index in [4.69, 9.17) is 16.2 Å². The molecule has 0 aliphatic rings. The highest BCUT2D eigenvalue weighted by molar-refractivity contribution is 5.94. The summed E-state index contributed by atoms with van der Waals surface area (Å²) < 4.78 is 5.73. The van der Waals surface area contributed by atoms with Gasteiger partial charge in [-0.15, -0.1) is 0 Å². The zero-order chi connectivity index (χ0) is 11.7. The smallest absolute Gasteiger partial charge is 0.150 e. The Balaban J connectivity index is 2.67. The van der Waals surface area contributed by atoms with Crippen LogP contribution >= 0.6 is 0 Å². The van der Waals surface area contributed by atoms with E-state index >= 15 is 0 Å². The van der Waals surface area contributed by atoms with Crippen LogP contribution in [0.1, 0.15) is 13.8 Å². The maximum Gasteiger partial charge on any atom is 0.150 e. The van der Waals surface area contributed by atoms with E-state index in [2.05, 4.69) is 0 Å². The largest absolute Gasteiger partial charge is 0.488 e. The number of ether oxygens (including phenoxy) is 1. The first-order chi connectivity index (χ1) is 7.58. The minimum absolute atomic E-state index is 0.0920. The van der Waals surface area contributed by atoms with Crippen LogP contribution in [0, 0.1) is 0 Å². The molecule has 0 amide bonds. The third-order valence-electron chi connectivity index (χ3n) is 2.38. The van der Waals surface area contributed by atoms with Gasteiger partial charge in [0.25, 0.3) is 0 Å². The molecule has 0 saturated carbocycles. The number of hydrogen-bond acceptors (Lipinski definition) is 3. The zero-order valence-electron chi connectivity index (χ0n) is 9.53. The van der Waals surface area contributed by atoms with Crippen molar-refractivity contribution in [2.75, 3.05) is 11.5 Å². The fourth-order valence-corrected chi connectivity index (χ4v) is 1.69. The summed E-state index contributed by atoms with van der Waals surface area (Å²) in [7, 11) is 0. The summed E-state index contributed by atoms with van der Waals surface area (Å²) in [5.74, 6) is 0.722. The number of nitrogens with two attached hydrogens (primary N) is 2. The fourth-order valence-electron chi connectivity index (χ4n) is 1.69. The van der Waals surface area contributed by atoms with E-state index in [-0.39, 0.29) is 6.10 Å². The average molecular weight is 216 g/mol. The molecule has 3 nitrogen and oxygen atoms in total. The van der Waals surface area contributed by atoms with Crippen molar-refractivity contribution in [1.29, 1.82) is 0 Å². The maximum atomic E-state index is 5.92. The Bertz CT molecular complexity index is 515. The Morgan fingerprint density at radius 2 is 1.75 bits per heavy atom. The summed E-state index contributed by atoms with van der Waals surface area (Å²) in [4.78, 5) is 0. The van der Waals surface area contributed by atoms with Gasteiger partial charge in [-0.25, -0.2) is 0 Å². The lowest BCUT2D eigenvalue weighted by atomic mass is 10.1. The maximum absolute atomic E-state index is 5.92. The molecular formula is C13H16N2O. The predicted octanol–water partition coefficient (Wildman–Crippen LogP) is 2.79. The van der Waals surface area contributed by atoms with Crippen LogP contribution in [-0.2, 0) is 0 Å². The summed E-state index contributed by atoms with van der Waals surface area (Å²) in [6.45, 7) is 3.95. The molecule has 0 spiro atoms. The van der Waals surface area contributed by atoms with Gasteiger partial charge in [-0.2, -0.15) is 0 Å². The van der Waals surface area contributed by atoms with Gasteiger partial charge >= 0.3 is 0 Å². The van der Waals surface area contributed by atoms with Crippen molar-refractivity contribution in [3.05, 3.63) is 30.3 Å². The molecule has 0 unspecified atom stereocenters. The molecule has 0 aliphatic carbocycles. The molecule has 0 atom stereocenters. The Kier molecular flexibility index (Phi) is 2.60. The normalized spacial score (nSPS) is 10.9. The monoisotopic (exact) mass is 216 g/mol. The van der Waals surface area contributed by atoms with E-state index in [1.807, 2.05) is 44.2 Å². The highest BCUT2D eigenvalue weighted by Gasteiger charge is 2.08. The second-order valence-corrected chi connectivity index (χ2v) is 4.13. The summed E-state index contributed by atoms with van der Waals surface area (Å²) in [5.41, 5.74) is 13.1. The second kappa shape index (κ2) is 3.93. The van der Waals surface area contributed by atoms with Crippen molar-refractivity contribution in [1.82, 2.24) is 0 Å². The Morgan fingerprint density at radius 1 is 1.06 bits per heavy atom. The van der Waals surface area contributed by atoms with Gasteiger partial charge in [0, 0.05) is 11.1 Å². The number of nitrogen functional groups attached to an aromatic ring is 2. The summed E-state index contributed by atoms with van der Waals surface area (Å²) in [6.07, 6.45) is 0.0920. The first kappa shape index (κ1) is 10.6. The van der Waals surface area contributed by atoms with Crippen LogP contribution in [0.4, 0.5) is 11.4 Å². The van der Waals surface area contributed by atoms with E-state index in [0.29, 0.717) is 11.4 Å². The average Bonchev–Trinajstić information content (AvgIpc) is 2.22. The van der Waals surface area contributed by atoms with E-state index < -0.39 is 0 Å². The van der Waals surface area contributed by atoms with Crippen molar-refractivity contribution in [2.45, 2.75) is 20.0 Å². The van der Waals surface area contributed by atoms with Crippen LogP contribution in [0.2, 0.25) is 0 Å². The van der Waals surface area contributed by atoms with Gasteiger partial charge in [0.15, 0.2) is 0 Å². The van der Waals surface area contributed by atoms with Crippen LogP contribution in [0.15, 0.2) is 30.3 Å². The number of fused-ring (bicyclic) bond motifs is 1. The molecule has 0 bridgehead atoms. The Labute approximate surface area is 95.0 Å². The van der Waals surface area contributed by atoms with Gasteiger partial charge in [0.05, 0.1) is 11.8 Å². The van der Waals surface area contributed by atoms with Crippen LogP contribution < -0.4 is 16.2 Å².